The van der Waals surface area contributed by atoms with Crippen LogP contribution in [0.1, 0.15) is 34.8 Å². The molecule has 0 spiro atoms. The molecule has 27 heavy (non-hydrogen) atoms. The van der Waals surface area contributed by atoms with Crippen LogP contribution in [-0.4, -0.2) is 32.8 Å². The van der Waals surface area contributed by atoms with Crippen LogP contribution in [0.5, 0.6) is 0 Å². The highest BCUT2D eigenvalue weighted by Gasteiger charge is 2.42. The summed E-state index contributed by atoms with van der Waals surface area (Å²) in [6, 6.07) is 15.2. The summed E-state index contributed by atoms with van der Waals surface area (Å²) < 4.78 is 9.79. The number of benzene rings is 2. The smallest absolute Gasteiger partial charge is 0.414 e. The summed E-state index contributed by atoms with van der Waals surface area (Å²) in [6.07, 6.45) is 0.221. The summed E-state index contributed by atoms with van der Waals surface area (Å²) in [5.41, 5.74) is 3.74. The van der Waals surface area contributed by atoms with Crippen molar-refractivity contribution in [2.45, 2.75) is 18.8 Å². The second kappa shape index (κ2) is 7.27. The van der Waals surface area contributed by atoms with Gasteiger partial charge in [-0.05, 0) is 41.3 Å². The Bertz CT molecular complexity index is 890. The van der Waals surface area contributed by atoms with Crippen molar-refractivity contribution in [2.24, 2.45) is 0 Å². The number of rotatable bonds is 4. The van der Waals surface area contributed by atoms with E-state index in [1.54, 1.807) is 17.0 Å². The average Bonchev–Trinajstić information content (AvgIpc) is 2.99. The maximum Gasteiger partial charge on any atom is 0.414 e. The number of hydrogen-bond acceptors (Lipinski definition) is 4. The standard InChI is InChI=1S/C22H23NO4/c1-15(16-8-6-5-7-9-16)13-22(2)14-23(21(25)27-4)19-11-10-17(12-18(19)22)20(24)26-3/h5-12H,1,13-14H2,2-4H3. The third-order valence-electron chi connectivity index (χ3n) is 5.05. The van der Waals surface area contributed by atoms with Crippen molar-refractivity contribution in [1.29, 1.82) is 0 Å². The lowest BCUT2D eigenvalue weighted by molar-refractivity contribution is 0.0600. The third kappa shape index (κ3) is 3.45. The van der Waals surface area contributed by atoms with Crippen molar-refractivity contribution in [2.75, 3.05) is 25.7 Å². The van der Waals surface area contributed by atoms with Crippen molar-refractivity contribution in [3.63, 3.8) is 0 Å². The van der Waals surface area contributed by atoms with Crippen LogP contribution < -0.4 is 4.90 Å². The van der Waals surface area contributed by atoms with Crippen LogP contribution in [0, 0.1) is 0 Å². The van der Waals surface area contributed by atoms with Crippen LogP contribution in [0.2, 0.25) is 0 Å². The van der Waals surface area contributed by atoms with E-state index in [4.69, 9.17) is 9.47 Å². The van der Waals surface area contributed by atoms with Gasteiger partial charge in [0.15, 0.2) is 0 Å². The second-order valence-corrected chi connectivity index (χ2v) is 6.99. The molecule has 3 rings (SSSR count). The molecule has 1 amide bonds. The van der Waals surface area contributed by atoms with E-state index in [1.807, 2.05) is 36.4 Å². The van der Waals surface area contributed by atoms with Crippen LogP contribution in [0.4, 0.5) is 10.5 Å². The number of methoxy groups -OCH3 is 2. The number of nitrogens with zero attached hydrogens (tertiary/aromatic N) is 1. The van der Waals surface area contributed by atoms with Gasteiger partial charge in [0.05, 0.1) is 25.5 Å². The molecule has 1 aliphatic heterocycles. The molecule has 5 heteroatoms. The third-order valence-corrected chi connectivity index (χ3v) is 5.05. The fourth-order valence-corrected chi connectivity index (χ4v) is 3.69. The average molecular weight is 365 g/mol. The van der Waals surface area contributed by atoms with Crippen molar-refractivity contribution in [3.05, 3.63) is 71.8 Å². The summed E-state index contributed by atoms with van der Waals surface area (Å²) in [5.74, 6) is -0.404. The largest absolute Gasteiger partial charge is 0.465 e. The summed E-state index contributed by atoms with van der Waals surface area (Å²) >= 11 is 0. The van der Waals surface area contributed by atoms with Gasteiger partial charge in [-0.2, -0.15) is 0 Å². The molecule has 0 aliphatic carbocycles. The zero-order chi connectivity index (χ0) is 19.6. The number of ether oxygens (including phenoxy) is 2. The van der Waals surface area contributed by atoms with E-state index in [2.05, 4.69) is 13.5 Å². The maximum atomic E-state index is 12.3. The van der Waals surface area contributed by atoms with Gasteiger partial charge in [0, 0.05) is 12.0 Å². The van der Waals surface area contributed by atoms with E-state index in [-0.39, 0.29) is 0 Å². The van der Waals surface area contributed by atoms with Gasteiger partial charge in [-0.15, -0.1) is 0 Å². The molecule has 0 radical (unpaired) electrons. The molecular formula is C22H23NO4. The molecule has 0 N–H and O–H groups in total. The normalized spacial score (nSPS) is 18.0. The lowest BCUT2D eigenvalue weighted by Crippen LogP contribution is -2.35. The Morgan fingerprint density at radius 1 is 1.07 bits per heavy atom. The van der Waals surface area contributed by atoms with E-state index < -0.39 is 17.5 Å². The number of amides is 1. The molecule has 0 bridgehead atoms. The van der Waals surface area contributed by atoms with Gasteiger partial charge in [-0.25, -0.2) is 9.59 Å². The zero-order valence-electron chi connectivity index (χ0n) is 15.8. The van der Waals surface area contributed by atoms with Crippen molar-refractivity contribution >= 4 is 23.3 Å². The molecule has 1 aliphatic rings. The Kier molecular flexibility index (Phi) is 5.04. The first-order valence-electron chi connectivity index (χ1n) is 8.71. The van der Waals surface area contributed by atoms with Crippen molar-refractivity contribution < 1.29 is 19.1 Å². The maximum absolute atomic E-state index is 12.3. The van der Waals surface area contributed by atoms with Gasteiger partial charge in [0.2, 0.25) is 0 Å². The topological polar surface area (TPSA) is 55.8 Å². The van der Waals surface area contributed by atoms with Gasteiger partial charge >= 0.3 is 12.1 Å². The van der Waals surface area contributed by atoms with E-state index in [1.165, 1.54) is 14.2 Å². The van der Waals surface area contributed by atoms with Crippen molar-refractivity contribution in [3.8, 4) is 0 Å². The monoisotopic (exact) mass is 365 g/mol. The minimum absolute atomic E-state index is 0.402. The number of esters is 1. The summed E-state index contributed by atoms with van der Waals surface area (Å²) in [5, 5.41) is 0. The Morgan fingerprint density at radius 3 is 2.41 bits per heavy atom. The van der Waals surface area contributed by atoms with E-state index in [0.29, 0.717) is 18.5 Å². The van der Waals surface area contributed by atoms with Gasteiger partial charge in [0.25, 0.3) is 0 Å². The number of anilines is 1. The van der Waals surface area contributed by atoms with E-state index >= 15 is 0 Å². The van der Waals surface area contributed by atoms with Gasteiger partial charge < -0.3 is 9.47 Å². The minimum Gasteiger partial charge on any atom is -0.465 e. The lowest BCUT2D eigenvalue weighted by atomic mass is 9.77. The van der Waals surface area contributed by atoms with Crippen LogP contribution in [-0.2, 0) is 14.9 Å². The highest BCUT2D eigenvalue weighted by Crippen LogP contribution is 2.46. The quantitative estimate of drug-likeness (QED) is 0.753. The Labute approximate surface area is 159 Å². The number of fused-ring (bicyclic) bond motifs is 1. The first-order chi connectivity index (χ1) is 12.9. The number of carbonyl (C=O) groups excluding carboxylic acids is 2. The fourth-order valence-electron chi connectivity index (χ4n) is 3.69. The number of hydrogen-bond donors (Lipinski definition) is 0. The summed E-state index contributed by atoms with van der Waals surface area (Å²) in [4.78, 5) is 25.9. The molecule has 5 nitrogen and oxygen atoms in total. The number of allylic oxidation sites excluding steroid dienone is 1. The molecule has 0 saturated heterocycles. The zero-order valence-corrected chi connectivity index (χ0v) is 15.8. The molecule has 1 heterocycles. The Morgan fingerprint density at radius 2 is 1.78 bits per heavy atom. The molecule has 1 unspecified atom stereocenters. The van der Waals surface area contributed by atoms with Crippen LogP contribution in [0.3, 0.4) is 0 Å². The Hall–Kier alpha value is -3.08. The van der Waals surface area contributed by atoms with Crippen molar-refractivity contribution in [1.82, 2.24) is 0 Å². The number of carbonyl (C=O) groups is 2. The molecule has 0 saturated carbocycles. The predicted molar refractivity (Wildman–Crippen MR) is 105 cm³/mol. The van der Waals surface area contributed by atoms with Gasteiger partial charge in [0.1, 0.15) is 0 Å². The van der Waals surface area contributed by atoms with Crippen LogP contribution >= 0.6 is 0 Å². The SMILES string of the molecule is C=C(CC1(C)CN(C(=O)OC)c2ccc(C(=O)OC)cc21)c1ccccc1. The second-order valence-electron chi connectivity index (χ2n) is 6.99. The van der Waals surface area contributed by atoms with Crippen LogP contribution in [0.15, 0.2) is 55.1 Å². The molecular weight excluding hydrogens is 342 g/mol. The summed E-state index contributed by atoms with van der Waals surface area (Å²) in [6.45, 7) is 6.77. The molecule has 2 aromatic rings. The van der Waals surface area contributed by atoms with E-state index in [0.717, 1.165) is 22.4 Å². The molecule has 2 aromatic carbocycles. The van der Waals surface area contributed by atoms with E-state index in [9.17, 15) is 9.59 Å². The van der Waals surface area contributed by atoms with Crippen LogP contribution in [0.25, 0.3) is 5.57 Å². The first-order valence-corrected chi connectivity index (χ1v) is 8.71. The van der Waals surface area contributed by atoms with Gasteiger partial charge in [-0.3, -0.25) is 4.90 Å². The molecule has 140 valence electrons. The van der Waals surface area contributed by atoms with Gasteiger partial charge in [-0.1, -0.05) is 43.8 Å². The highest BCUT2D eigenvalue weighted by molar-refractivity contribution is 5.95. The Balaban J connectivity index is 2.02. The lowest BCUT2D eigenvalue weighted by Gasteiger charge is -2.27. The molecule has 0 fully saturated rings. The first kappa shape index (κ1) is 18.7. The molecule has 1 atom stereocenters. The molecule has 0 aromatic heterocycles. The predicted octanol–water partition coefficient (Wildman–Crippen LogP) is 4.42. The highest BCUT2D eigenvalue weighted by atomic mass is 16.5. The fraction of sp³-hybridized carbons (Fsp3) is 0.273. The summed E-state index contributed by atoms with van der Waals surface area (Å²) in [7, 11) is 2.72. The minimum atomic E-state index is -0.420.